The molecule has 0 unspecified atom stereocenters. The van der Waals surface area contributed by atoms with Gasteiger partial charge in [0.25, 0.3) is 0 Å². The van der Waals surface area contributed by atoms with Gasteiger partial charge in [-0.2, -0.15) is 0 Å². The molecule has 0 amide bonds. The van der Waals surface area contributed by atoms with Crippen molar-refractivity contribution in [2.24, 2.45) is 5.73 Å². The number of rotatable bonds is 4. The molecule has 106 valence electrons. The number of ketones is 1. The summed E-state index contributed by atoms with van der Waals surface area (Å²) in [6.07, 6.45) is 0.818. The third-order valence-corrected chi connectivity index (χ3v) is 3.54. The molecule has 21 heavy (non-hydrogen) atoms. The molecular formula is C18H17NO2. The number of hydrogen-bond donors (Lipinski definition) is 1. The van der Waals surface area contributed by atoms with Crippen LogP contribution in [0.1, 0.15) is 27.2 Å². The van der Waals surface area contributed by atoms with Gasteiger partial charge in [-0.15, -0.1) is 0 Å². The predicted molar refractivity (Wildman–Crippen MR) is 83.6 cm³/mol. The number of furan rings is 1. The summed E-state index contributed by atoms with van der Waals surface area (Å²) in [6, 6.07) is 15.2. The molecule has 0 fully saturated rings. The Morgan fingerprint density at radius 1 is 1.10 bits per heavy atom. The fraction of sp³-hybridized carbons (Fsp3) is 0.167. The maximum atomic E-state index is 12.5. The normalized spacial score (nSPS) is 11.0. The monoisotopic (exact) mass is 279 g/mol. The lowest BCUT2D eigenvalue weighted by Crippen LogP contribution is -2.04. The summed E-state index contributed by atoms with van der Waals surface area (Å²) < 4.78 is 5.65. The molecule has 3 aromatic rings. The van der Waals surface area contributed by atoms with Crippen molar-refractivity contribution in [1.29, 1.82) is 0 Å². The van der Waals surface area contributed by atoms with Crippen LogP contribution in [0.4, 0.5) is 0 Å². The molecule has 0 spiro atoms. The van der Waals surface area contributed by atoms with Gasteiger partial charge in [-0.05, 0) is 43.7 Å². The van der Waals surface area contributed by atoms with E-state index in [1.807, 2.05) is 49.4 Å². The third-order valence-electron chi connectivity index (χ3n) is 3.54. The Bertz CT molecular complexity index is 785. The van der Waals surface area contributed by atoms with E-state index < -0.39 is 0 Å². The van der Waals surface area contributed by atoms with E-state index >= 15 is 0 Å². The molecule has 2 N–H and O–H groups in total. The number of carbonyl (C=O) groups is 1. The second-order valence-corrected chi connectivity index (χ2v) is 5.22. The Kier molecular flexibility index (Phi) is 3.59. The van der Waals surface area contributed by atoms with Crippen LogP contribution in [0.2, 0.25) is 0 Å². The van der Waals surface area contributed by atoms with Gasteiger partial charge in [-0.1, -0.05) is 35.9 Å². The van der Waals surface area contributed by atoms with Crippen LogP contribution in [0.25, 0.3) is 11.0 Å². The summed E-state index contributed by atoms with van der Waals surface area (Å²) in [5, 5.41) is 0.957. The summed E-state index contributed by atoms with van der Waals surface area (Å²) in [4.78, 5) is 12.5. The third kappa shape index (κ3) is 2.73. The number of nitrogens with two attached hydrogens (primary N) is 1. The lowest BCUT2D eigenvalue weighted by atomic mass is 10.0. The highest BCUT2D eigenvalue weighted by Crippen LogP contribution is 2.22. The zero-order chi connectivity index (χ0) is 14.8. The van der Waals surface area contributed by atoms with Crippen molar-refractivity contribution in [1.82, 2.24) is 0 Å². The van der Waals surface area contributed by atoms with Crippen molar-refractivity contribution in [2.45, 2.75) is 13.3 Å². The number of aryl methyl sites for hydroxylation is 1. The molecule has 0 radical (unpaired) electrons. The molecule has 0 saturated heterocycles. The van der Waals surface area contributed by atoms with Crippen LogP contribution in [-0.2, 0) is 6.42 Å². The minimum absolute atomic E-state index is 0.0943. The second-order valence-electron chi connectivity index (χ2n) is 5.22. The smallest absolute Gasteiger partial charge is 0.228 e. The van der Waals surface area contributed by atoms with Gasteiger partial charge >= 0.3 is 0 Å². The highest BCUT2D eigenvalue weighted by molar-refractivity contribution is 6.09. The van der Waals surface area contributed by atoms with E-state index in [2.05, 4.69) is 0 Å². The molecule has 3 nitrogen and oxygen atoms in total. The Morgan fingerprint density at radius 3 is 2.57 bits per heavy atom. The van der Waals surface area contributed by atoms with Crippen molar-refractivity contribution >= 4 is 16.8 Å². The molecular weight excluding hydrogens is 262 g/mol. The maximum Gasteiger partial charge on any atom is 0.228 e. The van der Waals surface area contributed by atoms with Crippen LogP contribution >= 0.6 is 0 Å². The second kappa shape index (κ2) is 5.54. The van der Waals surface area contributed by atoms with Crippen molar-refractivity contribution in [3.8, 4) is 0 Å². The molecule has 0 aliphatic rings. The molecule has 1 heterocycles. The quantitative estimate of drug-likeness (QED) is 0.744. The molecule has 0 atom stereocenters. The van der Waals surface area contributed by atoms with Gasteiger partial charge in [0.1, 0.15) is 5.58 Å². The molecule has 3 heteroatoms. The first-order valence-corrected chi connectivity index (χ1v) is 7.01. The molecule has 1 aromatic heterocycles. The molecule has 0 aliphatic heterocycles. The fourth-order valence-corrected chi connectivity index (χ4v) is 2.41. The van der Waals surface area contributed by atoms with Gasteiger partial charge in [0.05, 0.1) is 0 Å². The lowest BCUT2D eigenvalue weighted by Gasteiger charge is -2.01. The molecule has 0 saturated carbocycles. The van der Waals surface area contributed by atoms with E-state index in [-0.39, 0.29) is 5.78 Å². The van der Waals surface area contributed by atoms with Gasteiger partial charge in [0, 0.05) is 10.9 Å². The zero-order valence-electron chi connectivity index (χ0n) is 11.9. The van der Waals surface area contributed by atoms with Crippen LogP contribution in [0.3, 0.4) is 0 Å². The Hall–Kier alpha value is -2.39. The van der Waals surface area contributed by atoms with Crippen molar-refractivity contribution in [3.63, 3.8) is 0 Å². The standard InChI is InChI=1S/C18H17NO2/c1-12-2-7-16-15(10-12)11-17(21-16)18(20)14-5-3-13(4-6-14)8-9-19/h2-7,10-11H,8-9,19H2,1H3. The summed E-state index contributed by atoms with van der Waals surface area (Å²) in [7, 11) is 0. The highest BCUT2D eigenvalue weighted by Gasteiger charge is 2.14. The number of carbonyl (C=O) groups excluding carboxylic acids is 1. The van der Waals surface area contributed by atoms with Gasteiger partial charge < -0.3 is 10.2 Å². The minimum atomic E-state index is -0.0943. The van der Waals surface area contributed by atoms with Crippen LogP contribution in [0.5, 0.6) is 0 Å². The minimum Gasteiger partial charge on any atom is -0.453 e. The fourth-order valence-electron chi connectivity index (χ4n) is 2.41. The van der Waals surface area contributed by atoms with E-state index in [0.717, 1.165) is 28.5 Å². The largest absolute Gasteiger partial charge is 0.453 e. The van der Waals surface area contributed by atoms with E-state index in [1.165, 1.54) is 0 Å². The predicted octanol–water partition coefficient (Wildman–Crippen LogP) is 3.47. The topological polar surface area (TPSA) is 56.2 Å². The highest BCUT2D eigenvalue weighted by atomic mass is 16.3. The zero-order valence-corrected chi connectivity index (χ0v) is 11.9. The first-order chi connectivity index (χ1) is 10.2. The van der Waals surface area contributed by atoms with Crippen molar-refractivity contribution in [2.75, 3.05) is 6.54 Å². The van der Waals surface area contributed by atoms with E-state index in [4.69, 9.17) is 10.2 Å². The molecule has 0 aliphatic carbocycles. The van der Waals surface area contributed by atoms with Crippen LogP contribution < -0.4 is 5.73 Å². The van der Waals surface area contributed by atoms with Crippen LogP contribution in [0.15, 0.2) is 52.9 Å². The Balaban J connectivity index is 1.92. The maximum absolute atomic E-state index is 12.5. The Labute approximate surface area is 123 Å². The first kappa shape index (κ1) is 13.6. The van der Waals surface area contributed by atoms with E-state index in [0.29, 0.717) is 17.9 Å². The summed E-state index contributed by atoms with van der Waals surface area (Å²) >= 11 is 0. The van der Waals surface area contributed by atoms with Crippen LogP contribution in [-0.4, -0.2) is 12.3 Å². The molecule has 2 aromatic carbocycles. The first-order valence-electron chi connectivity index (χ1n) is 7.01. The summed E-state index contributed by atoms with van der Waals surface area (Å²) in [6.45, 7) is 2.63. The molecule has 0 bridgehead atoms. The van der Waals surface area contributed by atoms with Crippen LogP contribution in [0, 0.1) is 6.92 Å². The van der Waals surface area contributed by atoms with Gasteiger partial charge in [0.2, 0.25) is 5.78 Å². The number of benzene rings is 2. The lowest BCUT2D eigenvalue weighted by molar-refractivity contribution is 0.101. The van der Waals surface area contributed by atoms with Crippen molar-refractivity contribution < 1.29 is 9.21 Å². The SMILES string of the molecule is Cc1ccc2oc(C(=O)c3ccc(CCN)cc3)cc2c1. The Morgan fingerprint density at radius 2 is 1.86 bits per heavy atom. The summed E-state index contributed by atoms with van der Waals surface area (Å²) in [5.74, 6) is 0.283. The average Bonchev–Trinajstić information content (AvgIpc) is 2.90. The van der Waals surface area contributed by atoms with E-state index in [1.54, 1.807) is 6.07 Å². The van der Waals surface area contributed by atoms with Gasteiger partial charge in [-0.25, -0.2) is 0 Å². The number of fused-ring (bicyclic) bond motifs is 1. The average molecular weight is 279 g/mol. The summed E-state index contributed by atoms with van der Waals surface area (Å²) in [5.41, 5.74) is 9.17. The van der Waals surface area contributed by atoms with Gasteiger partial charge in [-0.3, -0.25) is 4.79 Å². The molecule has 3 rings (SSSR count). The number of hydrogen-bond acceptors (Lipinski definition) is 3. The van der Waals surface area contributed by atoms with E-state index in [9.17, 15) is 4.79 Å². The van der Waals surface area contributed by atoms with Gasteiger partial charge in [0.15, 0.2) is 5.76 Å². The van der Waals surface area contributed by atoms with Crippen molar-refractivity contribution in [3.05, 3.63) is 71.0 Å².